The van der Waals surface area contributed by atoms with Crippen molar-refractivity contribution in [1.29, 1.82) is 0 Å². The van der Waals surface area contributed by atoms with Crippen molar-refractivity contribution in [2.75, 3.05) is 11.9 Å². The molecule has 0 fully saturated rings. The van der Waals surface area contributed by atoms with Gasteiger partial charge in [0.1, 0.15) is 11.3 Å². The molecule has 1 atom stereocenters. The summed E-state index contributed by atoms with van der Waals surface area (Å²) in [6.07, 6.45) is 5.68. The standard InChI is InChI=1S/C31H35N3O3S/c1-4-6-7-8-18-36-26-15-12-22(13-16-26)29(35)34-31(38)32-25-11-9-10-24(19-25)30-33-27-20-23(21(3)5-2)14-17-28(27)37-30/h9-17,19-21H,4-8,18H2,1-3H3,(H2,32,34,35,38)/t21-/m0/s1. The molecule has 2 N–H and O–H groups in total. The summed E-state index contributed by atoms with van der Waals surface area (Å²) in [6.45, 7) is 7.25. The third-order valence-electron chi connectivity index (χ3n) is 6.57. The molecular weight excluding hydrogens is 494 g/mol. The molecule has 0 saturated carbocycles. The lowest BCUT2D eigenvalue weighted by Crippen LogP contribution is -2.34. The molecule has 0 unspecified atom stereocenters. The Morgan fingerprint density at radius 2 is 1.84 bits per heavy atom. The van der Waals surface area contributed by atoms with Gasteiger partial charge in [0.05, 0.1) is 6.61 Å². The monoisotopic (exact) mass is 529 g/mol. The highest BCUT2D eigenvalue weighted by atomic mass is 32.1. The molecule has 4 aromatic rings. The summed E-state index contributed by atoms with van der Waals surface area (Å²) in [5, 5.41) is 6.02. The molecule has 0 aliphatic heterocycles. The number of thiocarbonyl (C=S) groups is 1. The van der Waals surface area contributed by atoms with Gasteiger partial charge in [-0.3, -0.25) is 10.1 Å². The lowest BCUT2D eigenvalue weighted by atomic mass is 9.98. The highest BCUT2D eigenvalue weighted by Crippen LogP contribution is 2.29. The van der Waals surface area contributed by atoms with Crippen molar-refractivity contribution in [2.24, 2.45) is 0 Å². The molecule has 7 heteroatoms. The maximum absolute atomic E-state index is 12.7. The third-order valence-corrected chi connectivity index (χ3v) is 6.77. The molecule has 0 radical (unpaired) electrons. The van der Waals surface area contributed by atoms with Crippen LogP contribution in [0.4, 0.5) is 5.69 Å². The Hall–Kier alpha value is -3.71. The first kappa shape index (κ1) is 27.3. The van der Waals surface area contributed by atoms with Gasteiger partial charge >= 0.3 is 0 Å². The third kappa shape index (κ3) is 7.19. The van der Waals surface area contributed by atoms with Crippen molar-refractivity contribution in [1.82, 2.24) is 10.3 Å². The summed E-state index contributed by atoms with van der Waals surface area (Å²) in [7, 11) is 0. The quantitative estimate of drug-likeness (QED) is 0.151. The number of oxazole rings is 1. The van der Waals surface area contributed by atoms with Crippen LogP contribution in [0.2, 0.25) is 0 Å². The minimum Gasteiger partial charge on any atom is -0.494 e. The number of anilines is 1. The Labute approximate surface area is 229 Å². The Morgan fingerprint density at radius 1 is 1.03 bits per heavy atom. The van der Waals surface area contributed by atoms with Crippen molar-refractivity contribution in [3.8, 4) is 17.2 Å². The molecule has 0 spiro atoms. The Kier molecular flexibility index (Phi) is 9.49. The minimum absolute atomic E-state index is 0.208. The van der Waals surface area contributed by atoms with E-state index in [0.717, 1.165) is 40.9 Å². The van der Waals surface area contributed by atoms with E-state index in [1.165, 1.54) is 24.8 Å². The van der Waals surface area contributed by atoms with Crippen molar-refractivity contribution >= 4 is 40.0 Å². The minimum atomic E-state index is -0.288. The molecule has 198 valence electrons. The van der Waals surface area contributed by atoms with Crippen LogP contribution in [-0.4, -0.2) is 22.6 Å². The maximum Gasteiger partial charge on any atom is 0.257 e. The van der Waals surface area contributed by atoms with E-state index < -0.39 is 0 Å². The van der Waals surface area contributed by atoms with E-state index in [2.05, 4.69) is 43.5 Å². The number of carbonyl (C=O) groups is 1. The van der Waals surface area contributed by atoms with E-state index in [4.69, 9.17) is 26.4 Å². The first-order valence-electron chi connectivity index (χ1n) is 13.3. The molecule has 0 aliphatic rings. The Bertz CT molecular complexity index is 1380. The molecule has 1 heterocycles. The summed E-state index contributed by atoms with van der Waals surface area (Å²) in [5.74, 6) is 1.47. The first-order valence-corrected chi connectivity index (χ1v) is 13.7. The molecule has 0 bridgehead atoms. The van der Waals surface area contributed by atoms with E-state index in [1.54, 1.807) is 24.3 Å². The zero-order chi connectivity index (χ0) is 26.9. The Balaban J connectivity index is 1.35. The van der Waals surface area contributed by atoms with Gasteiger partial charge in [0.15, 0.2) is 10.7 Å². The van der Waals surface area contributed by atoms with Crippen LogP contribution < -0.4 is 15.4 Å². The number of hydrogen-bond donors (Lipinski definition) is 2. The van der Waals surface area contributed by atoms with Gasteiger partial charge in [-0.25, -0.2) is 4.98 Å². The van der Waals surface area contributed by atoms with Gasteiger partial charge < -0.3 is 14.5 Å². The number of fused-ring (bicyclic) bond motifs is 1. The smallest absolute Gasteiger partial charge is 0.257 e. The van der Waals surface area contributed by atoms with Crippen LogP contribution in [0.25, 0.3) is 22.6 Å². The van der Waals surface area contributed by atoms with Crippen molar-refractivity contribution in [2.45, 2.75) is 58.8 Å². The second kappa shape index (κ2) is 13.2. The number of hydrogen-bond acceptors (Lipinski definition) is 5. The molecule has 0 aliphatic carbocycles. The van der Waals surface area contributed by atoms with Crippen molar-refractivity contribution < 1.29 is 13.9 Å². The summed E-state index contributed by atoms with van der Waals surface area (Å²) < 4.78 is 11.8. The second-order valence-electron chi connectivity index (χ2n) is 9.48. The Morgan fingerprint density at radius 3 is 2.61 bits per heavy atom. The van der Waals surface area contributed by atoms with Crippen LogP contribution >= 0.6 is 12.2 Å². The zero-order valence-corrected chi connectivity index (χ0v) is 23.1. The molecule has 6 nitrogen and oxygen atoms in total. The average molecular weight is 530 g/mol. The number of ether oxygens (including phenoxy) is 1. The van der Waals surface area contributed by atoms with E-state index in [1.807, 2.05) is 30.3 Å². The number of aromatic nitrogens is 1. The highest BCUT2D eigenvalue weighted by Gasteiger charge is 2.13. The van der Waals surface area contributed by atoms with Gasteiger partial charge in [-0.1, -0.05) is 52.2 Å². The van der Waals surface area contributed by atoms with E-state index >= 15 is 0 Å². The SMILES string of the molecule is CCCCCCOc1ccc(C(=O)NC(=S)Nc2cccc(-c3nc4cc([C@@H](C)CC)ccc4o3)c2)cc1. The second-order valence-corrected chi connectivity index (χ2v) is 9.89. The zero-order valence-electron chi connectivity index (χ0n) is 22.3. The predicted octanol–water partition coefficient (Wildman–Crippen LogP) is 8.09. The van der Waals surface area contributed by atoms with Crippen LogP contribution in [0.1, 0.15) is 74.7 Å². The number of nitrogens with one attached hydrogen (secondary N) is 2. The fourth-order valence-corrected chi connectivity index (χ4v) is 4.31. The van der Waals surface area contributed by atoms with Crippen LogP contribution in [-0.2, 0) is 0 Å². The maximum atomic E-state index is 12.7. The van der Waals surface area contributed by atoms with Gasteiger partial charge in [0.25, 0.3) is 5.91 Å². The number of carbonyl (C=O) groups excluding carboxylic acids is 1. The topological polar surface area (TPSA) is 76.4 Å². The molecule has 38 heavy (non-hydrogen) atoms. The summed E-state index contributed by atoms with van der Waals surface area (Å²) in [6, 6.07) is 20.8. The molecule has 1 amide bonds. The molecule has 4 rings (SSSR count). The number of benzene rings is 3. The lowest BCUT2D eigenvalue weighted by molar-refractivity contribution is 0.0977. The van der Waals surface area contributed by atoms with Crippen molar-refractivity contribution in [3.05, 3.63) is 77.9 Å². The number of rotatable bonds is 11. The molecule has 3 aromatic carbocycles. The van der Waals surface area contributed by atoms with Gasteiger partial charge in [0, 0.05) is 16.8 Å². The fraction of sp³-hybridized carbons (Fsp3) is 0.323. The molecular formula is C31H35N3O3S. The van der Waals surface area contributed by atoms with Gasteiger partial charge in [-0.15, -0.1) is 0 Å². The van der Waals surface area contributed by atoms with E-state index in [-0.39, 0.29) is 11.0 Å². The number of unbranched alkanes of at least 4 members (excludes halogenated alkanes) is 3. The first-order chi connectivity index (χ1) is 18.5. The fourth-order valence-electron chi connectivity index (χ4n) is 4.10. The lowest BCUT2D eigenvalue weighted by Gasteiger charge is -2.11. The average Bonchev–Trinajstić information content (AvgIpc) is 3.36. The van der Waals surface area contributed by atoms with Gasteiger partial charge in [-0.05, 0) is 91.1 Å². The normalized spacial score (nSPS) is 11.8. The van der Waals surface area contributed by atoms with Crippen LogP contribution in [0, 0.1) is 0 Å². The molecule has 1 aromatic heterocycles. The van der Waals surface area contributed by atoms with Gasteiger partial charge in [-0.2, -0.15) is 0 Å². The number of amides is 1. The van der Waals surface area contributed by atoms with E-state index in [0.29, 0.717) is 24.0 Å². The summed E-state index contributed by atoms with van der Waals surface area (Å²) in [4.78, 5) is 17.4. The number of nitrogens with zero attached hydrogens (tertiary/aromatic N) is 1. The highest BCUT2D eigenvalue weighted by molar-refractivity contribution is 7.80. The van der Waals surface area contributed by atoms with Crippen LogP contribution in [0.5, 0.6) is 5.75 Å². The summed E-state index contributed by atoms with van der Waals surface area (Å²) >= 11 is 5.39. The van der Waals surface area contributed by atoms with Gasteiger partial charge in [0.2, 0.25) is 5.89 Å². The molecule has 0 saturated heterocycles. The van der Waals surface area contributed by atoms with Crippen LogP contribution in [0.15, 0.2) is 71.1 Å². The summed E-state index contributed by atoms with van der Waals surface area (Å²) in [5.41, 5.74) is 4.89. The van der Waals surface area contributed by atoms with E-state index in [9.17, 15) is 4.79 Å². The van der Waals surface area contributed by atoms with Crippen molar-refractivity contribution in [3.63, 3.8) is 0 Å². The predicted molar refractivity (Wildman–Crippen MR) is 158 cm³/mol. The largest absolute Gasteiger partial charge is 0.494 e. The van der Waals surface area contributed by atoms with Crippen LogP contribution in [0.3, 0.4) is 0 Å².